The average Bonchev–Trinajstić information content (AvgIpc) is 2.22. The van der Waals surface area contributed by atoms with Gasteiger partial charge in [0.2, 0.25) is 0 Å². The summed E-state index contributed by atoms with van der Waals surface area (Å²) in [5.74, 6) is 0.773. The maximum absolute atomic E-state index is 11.2. The van der Waals surface area contributed by atoms with Gasteiger partial charge in [-0.25, -0.2) is 8.42 Å². The van der Waals surface area contributed by atoms with E-state index >= 15 is 0 Å². The summed E-state index contributed by atoms with van der Waals surface area (Å²) in [5.41, 5.74) is 1.32. The molecule has 0 saturated heterocycles. The summed E-state index contributed by atoms with van der Waals surface area (Å²) in [6, 6.07) is 8.43. The van der Waals surface area contributed by atoms with Crippen molar-refractivity contribution < 1.29 is 8.42 Å². The molecule has 106 valence electrons. The summed E-state index contributed by atoms with van der Waals surface area (Å²) < 4.78 is 22.4. The van der Waals surface area contributed by atoms with E-state index in [9.17, 15) is 8.42 Å². The Kier molecular flexibility index (Phi) is 4.54. The SMILES string of the molecule is CC(CS(C)(=O)=O)NC1CC(c2ccc(Cl)cc2)C1. The van der Waals surface area contributed by atoms with Gasteiger partial charge >= 0.3 is 0 Å². The van der Waals surface area contributed by atoms with Gasteiger partial charge in [-0.2, -0.15) is 0 Å². The van der Waals surface area contributed by atoms with Gasteiger partial charge in [0, 0.05) is 23.4 Å². The van der Waals surface area contributed by atoms with Crippen LogP contribution in [0.3, 0.4) is 0 Å². The fraction of sp³-hybridized carbons (Fsp3) is 0.571. The van der Waals surface area contributed by atoms with Crippen LogP contribution in [0, 0.1) is 0 Å². The molecule has 0 amide bonds. The minimum Gasteiger partial charge on any atom is -0.310 e. The van der Waals surface area contributed by atoms with E-state index in [1.807, 2.05) is 19.1 Å². The Labute approximate surface area is 120 Å². The normalized spacial score (nSPS) is 24.8. The van der Waals surface area contributed by atoms with Crippen molar-refractivity contribution in [1.82, 2.24) is 5.32 Å². The Morgan fingerprint density at radius 1 is 1.32 bits per heavy atom. The Morgan fingerprint density at radius 3 is 2.42 bits per heavy atom. The molecule has 0 radical (unpaired) electrons. The lowest BCUT2D eigenvalue weighted by molar-refractivity contribution is 0.275. The van der Waals surface area contributed by atoms with E-state index in [2.05, 4.69) is 17.4 Å². The molecule has 0 aromatic heterocycles. The van der Waals surface area contributed by atoms with Gasteiger partial charge in [-0.1, -0.05) is 23.7 Å². The minimum atomic E-state index is -2.90. The van der Waals surface area contributed by atoms with Crippen molar-refractivity contribution in [1.29, 1.82) is 0 Å². The first-order chi connectivity index (χ1) is 8.83. The van der Waals surface area contributed by atoms with Crippen LogP contribution in [0.5, 0.6) is 0 Å². The van der Waals surface area contributed by atoms with Crippen molar-refractivity contribution >= 4 is 21.4 Å². The quantitative estimate of drug-likeness (QED) is 0.909. The molecule has 0 spiro atoms. The molecule has 1 aromatic rings. The number of hydrogen-bond donors (Lipinski definition) is 1. The highest BCUT2D eigenvalue weighted by Crippen LogP contribution is 2.37. The molecule has 1 atom stereocenters. The predicted octanol–water partition coefficient (Wildman–Crippen LogP) is 2.61. The van der Waals surface area contributed by atoms with Crippen molar-refractivity contribution in [3.63, 3.8) is 0 Å². The predicted molar refractivity (Wildman–Crippen MR) is 79.5 cm³/mol. The molecule has 0 heterocycles. The van der Waals surface area contributed by atoms with Gasteiger partial charge < -0.3 is 5.32 Å². The fourth-order valence-electron chi connectivity index (χ4n) is 2.67. The lowest BCUT2D eigenvalue weighted by atomic mass is 9.75. The summed E-state index contributed by atoms with van der Waals surface area (Å²) in [6.45, 7) is 1.93. The largest absolute Gasteiger partial charge is 0.310 e. The summed E-state index contributed by atoms with van der Waals surface area (Å²) in [5, 5.41) is 4.14. The highest BCUT2D eigenvalue weighted by atomic mass is 35.5. The van der Waals surface area contributed by atoms with Crippen LogP contribution < -0.4 is 5.32 Å². The van der Waals surface area contributed by atoms with Crippen LogP contribution in [0.2, 0.25) is 5.02 Å². The van der Waals surface area contributed by atoms with Crippen LogP contribution in [0.4, 0.5) is 0 Å². The van der Waals surface area contributed by atoms with Gasteiger partial charge in [-0.05, 0) is 43.4 Å². The van der Waals surface area contributed by atoms with E-state index in [4.69, 9.17) is 11.6 Å². The molecule has 1 N–H and O–H groups in total. The zero-order valence-corrected chi connectivity index (χ0v) is 12.8. The Balaban J connectivity index is 1.79. The number of hydrogen-bond acceptors (Lipinski definition) is 3. The van der Waals surface area contributed by atoms with Crippen molar-refractivity contribution in [3.05, 3.63) is 34.9 Å². The maximum atomic E-state index is 11.2. The van der Waals surface area contributed by atoms with Gasteiger partial charge in [-0.15, -0.1) is 0 Å². The van der Waals surface area contributed by atoms with Crippen molar-refractivity contribution in [3.8, 4) is 0 Å². The minimum absolute atomic E-state index is 0.0196. The van der Waals surface area contributed by atoms with Crippen molar-refractivity contribution in [2.24, 2.45) is 0 Å². The van der Waals surface area contributed by atoms with Crippen LogP contribution in [0.25, 0.3) is 0 Å². The molecule has 1 fully saturated rings. The number of sulfone groups is 1. The van der Waals surface area contributed by atoms with E-state index in [0.29, 0.717) is 12.0 Å². The number of benzene rings is 1. The van der Waals surface area contributed by atoms with Crippen LogP contribution in [0.15, 0.2) is 24.3 Å². The zero-order valence-electron chi connectivity index (χ0n) is 11.3. The fourth-order valence-corrected chi connectivity index (χ4v) is 3.80. The van der Waals surface area contributed by atoms with Crippen molar-refractivity contribution in [2.45, 2.75) is 37.8 Å². The molecule has 1 saturated carbocycles. The van der Waals surface area contributed by atoms with Gasteiger partial charge in [0.25, 0.3) is 0 Å². The van der Waals surface area contributed by atoms with E-state index < -0.39 is 9.84 Å². The zero-order chi connectivity index (χ0) is 14.0. The van der Waals surface area contributed by atoms with E-state index in [-0.39, 0.29) is 11.8 Å². The van der Waals surface area contributed by atoms with Gasteiger partial charge in [-0.3, -0.25) is 0 Å². The molecule has 0 aliphatic heterocycles. The standard InChI is InChI=1S/C14H20ClNO2S/c1-10(9-19(2,17)18)16-14-7-12(8-14)11-3-5-13(15)6-4-11/h3-6,10,12,14,16H,7-9H2,1-2H3. The van der Waals surface area contributed by atoms with Crippen LogP contribution in [0.1, 0.15) is 31.2 Å². The van der Waals surface area contributed by atoms with E-state index in [1.54, 1.807) is 0 Å². The third kappa shape index (κ3) is 4.48. The van der Waals surface area contributed by atoms with Gasteiger partial charge in [0.1, 0.15) is 9.84 Å². The number of halogens is 1. The van der Waals surface area contributed by atoms with E-state index in [0.717, 1.165) is 17.9 Å². The lowest BCUT2D eigenvalue weighted by Gasteiger charge is -2.38. The molecule has 3 nitrogen and oxygen atoms in total. The number of rotatable bonds is 5. The molecule has 2 rings (SSSR count). The third-order valence-corrected chi connectivity index (χ3v) is 4.91. The van der Waals surface area contributed by atoms with Crippen LogP contribution in [-0.4, -0.2) is 32.5 Å². The average molecular weight is 302 g/mol. The number of nitrogens with one attached hydrogen (secondary N) is 1. The third-order valence-electron chi connectivity index (χ3n) is 3.55. The molecule has 19 heavy (non-hydrogen) atoms. The molecular weight excluding hydrogens is 282 g/mol. The van der Waals surface area contributed by atoms with Crippen LogP contribution in [-0.2, 0) is 9.84 Å². The lowest BCUT2D eigenvalue weighted by Crippen LogP contribution is -2.46. The second-order valence-corrected chi connectivity index (χ2v) is 8.20. The van der Waals surface area contributed by atoms with E-state index in [1.165, 1.54) is 11.8 Å². The van der Waals surface area contributed by atoms with Gasteiger partial charge in [0.15, 0.2) is 0 Å². The van der Waals surface area contributed by atoms with Crippen molar-refractivity contribution in [2.75, 3.05) is 12.0 Å². The smallest absolute Gasteiger partial charge is 0.148 e. The molecule has 5 heteroatoms. The second-order valence-electron chi connectivity index (χ2n) is 5.58. The molecule has 0 bridgehead atoms. The van der Waals surface area contributed by atoms with Crippen LogP contribution >= 0.6 is 11.6 Å². The second kappa shape index (κ2) is 5.81. The Bertz CT molecular complexity index is 521. The summed E-state index contributed by atoms with van der Waals surface area (Å²) in [7, 11) is -2.90. The topological polar surface area (TPSA) is 46.2 Å². The molecule has 1 aliphatic rings. The first-order valence-corrected chi connectivity index (χ1v) is 8.96. The monoisotopic (exact) mass is 301 g/mol. The summed E-state index contributed by atoms with van der Waals surface area (Å²) in [4.78, 5) is 0. The highest BCUT2D eigenvalue weighted by Gasteiger charge is 2.31. The Hall–Kier alpha value is -0.580. The van der Waals surface area contributed by atoms with Gasteiger partial charge in [0.05, 0.1) is 5.75 Å². The maximum Gasteiger partial charge on any atom is 0.148 e. The molecule has 1 aliphatic carbocycles. The Morgan fingerprint density at radius 2 is 1.89 bits per heavy atom. The molecular formula is C14H20ClNO2S. The molecule has 1 aromatic carbocycles. The summed E-state index contributed by atoms with van der Waals surface area (Å²) in [6.07, 6.45) is 3.41. The summed E-state index contributed by atoms with van der Waals surface area (Å²) >= 11 is 5.87. The molecule has 1 unspecified atom stereocenters. The first-order valence-electron chi connectivity index (χ1n) is 6.53. The first kappa shape index (κ1) is 14.8. The highest BCUT2D eigenvalue weighted by molar-refractivity contribution is 7.90.